The van der Waals surface area contributed by atoms with Crippen molar-refractivity contribution in [2.45, 2.75) is 51.8 Å². The molecular formula is C24H30FN3O5. The number of nitrogens with zero attached hydrogens (tertiary/aromatic N) is 2. The average molecular weight is 460 g/mol. The Balaban J connectivity index is 2.27. The molecule has 1 heterocycles. The zero-order valence-corrected chi connectivity index (χ0v) is 19.3. The van der Waals surface area contributed by atoms with Gasteiger partial charge in [-0.1, -0.05) is 6.07 Å². The Bertz CT molecular complexity index is 976. The quantitative estimate of drug-likeness (QED) is 0.574. The normalized spacial score (nSPS) is 12.1. The van der Waals surface area contributed by atoms with E-state index in [4.69, 9.17) is 10.5 Å². The summed E-state index contributed by atoms with van der Waals surface area (Å²) in [4.78, 5) is 42.6. The summed E-state index contributed by atoms with van der Waals surface area (Å²) in [5.74, 6) is -2.35. The van der Waals surface area contributed by atoms with E-state index in [0.717, 1.165) is 11.8 Å². The lowest BCUT2D eigenvalue weighted by atomic mass is 10.1. The molecule has 0 saturated heterocycles. The molecule has 0 aliphatic rings. The average Bonchev–Trinajstić information content (AvgIpc) is 2.76. The fourth-order valence-corrected chi connectivity index (χ4v) is 3.01. The summed E-state index contributed by atoms with van der Waals surface area (Å²) < 4.78 is 24.6. The van der Waals surface area contributed by atoms with E-state index in [1.54, 1.807) is 39.1 Å². The van der Waals surface area contributed by atoms with E-state index in [-0.39, 0.29) is 30.6 Å². The summed E-state index contributed by atoms with van der Waals surface area (Å²) >= 11 is 0. The van der Waals surface area contributed by atoms with Gasteiger partial charge in [0.25, 0.3) is 0 Å². The topological polar surface area (TPSA) is 112 Å². The summed E-state index contributed by atoms with van der Waals surface area (Å²) in [5.41, 5.74) is 6.24. The predicted octanol–water partition coefficient (Wildman–Crippen LogP) is 2.64. The Morgan fingerprint density at radius 1 is 1.18 bits per heavy atom. The number of aromatic nitrogens is 1. The SMILES string of the molecule is COC(=O)C[C@H](N)C(=O)N(CCc1ccccn1)Cc1cc(C(=O)OC(C)(C)C)ccc1F. The van der Waals surface area contributed by atoms with Gasteiger partial charge in [0.2, 0.25) is 5.91 Å². The zero-order chi connectivity index (χ0) is 24.6. The van der Waals surface area contributed by atoms with Crippen LogP contribution in [-0.2, 0) is 32.0 Å². The van der Waals surface area contributed by atoms with Crippen molar-refractivity contribution in [2.75, 3.05) is 13.7 Å². The summed E-state index contributed by atoms with van der Waals surface area (Å²) in [7, 11) is 1.20. The standard InChI is InChI=1S/C24H30FN3O5/c1-24(2,3)33-23(31)16-8-9-19(25)17(13-16)15-28(12-10-18-7-5-6-11-27-18)22(30)20(26)14-21(29)32-4/h5-9,11,13,20H,10,12,14-15,26H2,1-4H3/t20-/m0/s1. The number of carbonyl (C=O) groups is 3. The fraction of sp³-hybridized carbons (Fsp3) is 0.417. The Labute approximate surface area is 192 Å². The molecule has 8 nitrogen and oxygen atoms in total. The molecule has 0 unspecified atom stereocenters. The maximum absolute atomic E-state index is 14.6. The lowest BCUT2D eigenvalue weighted by Gasteiger charge is -2.26. The van der Waals surface area contributed by atoms with E-state index in [1.165, 1.54) is 24.1 Å². The number of nitrogens with two attached hydrogens (primary N) is 1. The first-order chi connectivity index (χ1) is 15.5. The van der Waals surface area contributed by atoms with Crippen molar-refractivity contribution in [3.63, 3.8) is 0 Å². The lowest BCUT2D eigenvalue weighted by Crippen LogP contribution is -2.45. The van der Waals surface area contributed by atoms with Crippen LogP contribution in [0.3, 0.4) is 0 Å². The van der Waals surface area contributed by atoms with E-state index in [9.17, 15) is 18.8 Å². The highest BCUT2D eigenvalue weighted by atomic mass is 19.1. The second-order valence-electron chi connectivity index (χ2n) is 8.53. The number of methoxy groups -OCH3 is 1. The van der Waals surface area contributed by atoms with Gasteiger partial charge in [-0.2, -0.15) is 0 Å². The molecule has 0 aliphatic heterocycles. The zero-order valence-electron chi connectivity index (χ0n) is 19.3. The van der Waals surface area contributed by atoms with Crippen molar-refractivity contribution in [1.29, 1.82) is 0 Å². The van der Waals surface area contributed by atoms with Crippen LogP contribution in [0.2, 0.25) is 0 Å². The van der Waals surface area contributed by atoms with Gasteiger partial charge in [-0.25, -0.2) is 9.18 Å². The van der Waals surface area contributed by atoms with Gasteiger partial charge in [0.1, 0.15) is 11.4 Å². The van der Waals surface area contributed by atoms with E-state index >= 15 is 0 Å². The fourth-order valence-electron chi connectivity index (χ4n) is 3.01. The first-order valence-electron chi connectivity index (χ1n) is 10.5. The minimum absolute atomic E-state index is 0.123. The molecule has 0 radical (unpaired) electrons. The monoisotopic (exact) mass is 459 g/mol. The van der Waals surface area contributed by atoms with Gasteiger partial charge in [-0.3, -0.25) is 14.6 Å². The van der Waals surface area contributed by atoms with Gasteiger partial charge >= 0.3 is 11.9 Å². The van der Waals surface area contributed by atoms with Crippen molar-refractivity contribution in [3.8, 4) is 0 Å². The maximum atomic E-state index is 14.6. The summed E-state index contributed by atoms with van der Waals surface area (Å²) in [6, 6.07) is 8.09. The van der Waals surface area contributed by atoms with E-state index < -0.39 is 35.3 Å². The van der Waals surface area contributed by atoms with Crippen LogP contribution < -0.4 is 5.73 Å². The third kappa shape index (κ3) is 8.27. The van der Waals surface area contributed by atoms with E-state index in [1.807, 2.05) is 6.07 Å². The van der Waals surface area contributed by atoms with E-state index in [0.29, 0.717) is 6.42 Å². The smallest absolute Gasteiger partial charge is 0.338 e. The van der Waals surface area contributed by atoms with Gasteiger partial charge < -0.3 is 20.1 Å². The Kier molecular flexibility index (Phi) is 9.04. The third-order valence-corrected chi connectivity index (χ3v) is 4.65. The molecule has 2 rings (SSSR count). The molecule has 2 aromatic rings. The lowest BCUT2D eigenvalue weighted by molar-refractivity contribution is -0.144. The summed E-state index contributed by atoms with van der Waals surface area (Å²) in [6.07, 6.45) is 1.72. The van der Waals surface area contributed by atoms with E-state index in [2.05, 4.69) is 9.72 Å². The first kappa shape index (κ1) is 25.9. The highest BCUT2D eigenvalue weighted by molar-refractivity contribution is 5.90. The molecule has 1 atom stereocenters. The van der Waals surface area contributed by atoms with Crippen molar-refractivity contribution >= 4 is 17.8 Å². The van der Waals surface area contributed by atoms with Crippen LogP contribution in [0.15, 0.2) is 42.6 Å². The maximum Gasteiger partial charge on any atom is 0.338 e. The summed E-state index contributed by atoms with van der Waals surface area (Å²) in [5, 5.41) is 0. The molecule has 178 valence electrons. The van der Waals surface area contributed by atoms with Gasteiger partial charge in [-0.05, 0) is 51.1 Å². The molecule has 2 N–H and O–H groups in total. The van der Waals surface area contributed by atoms with Gasteiger partial charge in [0.15, 0.2) is 0 Å². The van der Waals surface area contributed by atoms with Crippen LogP contribution in [0.4, 0.5) is 4.39 Å². The number of amides is 1. The Morgan fingerprint density at radius 3 is 2.52 bits per heavy atom. The van der Waals surface area contributed by atoms with Crippen LogP contribution in [0, 0.1) is 5.82 Å². The van der Waals surface area contributed by atoms with Crippen LogP contribution in [0.25, 0.3) is 0 Å². The summed E-state index contributed by atoms with van der Waals surface area (Å²) in [6.45, 7) is 5.23. The molecule has 9 heteroatoms. The van der Waals surface area contributed by atoms with Gasteiger partial charge in [0, 0.05) is 37.0 Å². The molecule has 1 aromatic carbocycles. The van der Waals surface area contributed by atoms with Crippen LogP contribution in [-0.4, -0.2) is 53.0 Å². The van der Waals surface area contributed by atoms with Crippen molar-refractivity contribution in [1.82, 2.24) is 9.88 Å². The number of hydrogen-bond acceptors (Lipinski definition) is 7. The van der Waals surface area contributed by atoms with Crippen LogP contribution >= 0.6 is 0 Å². The Morgan fingerprint density at radius 2 is 1.91 bits per heavy atom. The van der Waals surface area contributed by atoms with Crippen molar-refractivity contribution in [3.05, 3.63) is 65.2 Å². The molecule has 1 amide bonds. The molecule has 0 aliphatic carbocycles. The number of ether oxygens (including phenoxy) is 2. The van der Waals surface area contributed by atoms with Crippen molar-refractivity contribution in [2.24, 2.45) is 5.73 Å². The molecule has 33 heavy (non-hydrogen) atoms. The molecule has 0 saturated carbocycles. The predicted molar refractivity (Wildman–Crippen MR) is 120 cm³/mol. The number of pyridine rings is 1. The molecule has 0 bridgehead atoms. The third-order valence-electron chi connectivity index (χ3n) is 4.65. The number of benzene rings is 1. The minimum atomic E-state index is -1.15. The molecular weight excluding hydrogens is 429 g/mol. The van der Waals surface area contributed by atoms with Gasteiger partial charge in [-0.15, -0.1) is 0 Å². The number of esters is 2. The van der Waals surface area contributed by atoms with Crippen LogP contribution in [0.1, 0.15) is 48.8 Å². The molecule has 1 aromatic heterocycles. The second-order valence-corrected chi connectivity index (χ2v) is 8.53. The minimum Gasteiger partial charge on any atom is -0.469 e. The van der Waals surface area contributed by atoms with Crippen LogP contribution in [0.5, 0.6) is 0 Å². The highest BCUT2D eigenvalue weighted by Gasteiger charge is 2.26. The number of halogens is 1. The highest BCUT2D eigenvalue weighted by Crippen LogP contribution is 2.18. The number of carbonyl (C=O) groups excluding carboxylic acids is 3. The molecule has 0 fully saturated rings. The number of hydrogen-bond donors (Lipinski definition) is 1. The number of rotatable bonds is 9. The molecule has 0 spiro atoms. The second kappa shape index (κ2) is 11.5. The van der Waals surface area contributed by atoms with Gasteiger partial charge in [0.05, 0.1) is 25.1 Å². The largest absolute Gasteiger partial charge is 0.469 e. The van der Waals surface area contributed by atoms with Crippen molar-refractivity contribution < 1.29 is 28.2 Å². The Hall–Kier alpha value is -3.33. The first-order valence-corrected chi connectivity index (χ1v) is 10.5.